The molecule has 5 nitrogen and oxygen atoms in total. The van der Waals surface area contributed by atoms with Crippen LogP contribution in [0.3, 0.4) is 0 Å². The molecule has 0 radical (unpaired) electrons. The van der Waals surface area contributed by atoms with Crippen molar-refractivity contribution in [3.8, 4) is 0 Å². The van der Waals surface area contributed by atoms with Crippen LogP contribution >= 0.6 is 0 Å². The van der Waals surface area contributed by atoms with Crippen molar-refractivity contribution < 1.29 is 19.4 Å². The molecule has 0 aromatic heterocycles. The number of ether oxygens (including phenoxy) is 1. The average molecular weight is 239 g/mol. The Morgan fingerprint density at radius 2 is 2.06 bits per heavy atom. The first-order chi connectivity index (χ1) is 8.18. The van der Waals surface area contributed by atoms with E-state index in [4.69, 9.17) is 9.84 Å². The standard InChI is InChI=1S/C12H17NO4/c14-11(10-2-1-5-17-10)13-7-3-4-9(13)8(6-7)12(15)16/h7-10H,1-6H2,(H,15,16)/t7?,8?,9?,10-/m0/s1. The summed E-state index contributed by atoms with van der Waals surface area (Å²) in [6.07, 6.45) is 3.81. The van der Waals surface area contributed by atoms with E-state index in [2.05, 4.69) is 0 Å². The molecule has 0 aromatic carbocycles. The van der Waals surface area contributed by atoms with Crippen molar-refractivity contribution in [3.63, 3.8) is 0 Å². The minimum atomic E-state index is -0.762. The molecule has 3 unspecified atom stereocenters. The van der Waals surface area contributed by atoms with Gasteiger partial charge in [-0.1, -0.05) is 0 Å². The van der Waals surface area contributed by atoms with E-state index in [0.717, 1.165) is 25.7 Å². The maximum atomic E-state index is 12.3. The van der Waals surface area contributed by atoms with Crippen molar-refractivity contribution in [1.82, 2.24) is 4.90 Å². The second-order valence-electron chi connectivity index (χ2n) is 5.23. The molecule has 0 spiro atoms. The molecule has 0 saturated carbocycles. The molecule has 4 atom stereocenters. The summed E-state index contributed by atoms with van der Waals surface area (Å²) in [5, 5.41) is 9.13. The third-order valence-corrected chi connectivity index (χ3v) is 4.31. The fraction of sp³-hybridized carbons (Fsp3) is 0.833. The maximum Gasteiger partial charge on any atom is 0.308 e. The number of carboxylic acids is 1. The lowest BCUT2D eigenvalue weighted by molar-refractivity contribution is -0.145. The number of rotatable bonds is 2. The predicted molar refractivity (Wildman–Crippen MR) is 58.4 cm³/mol. The van der Waals surface area contributed by atoms with Crippen LogP contribution in [0.5, 0.6) is 0 Å². The molecule has 17 heavy (non-hydrogen) atoms. The van der Waals surface area contributed by atoms with Gasteiger partial charge in [0.25, 0.3) is 5.91 Å². The van der Waals surface area contributed by atoms with Gasteiger partial charge < -0.3 is 14.7 Å². The van der Waals surface area contributed by atoms with E-state index in [1.807, 2.05) is 4.90 Å². The van der Waals surface area contributed by atoms with Gasteiger partial charge in [0.15, 0.2) is 0 Å². The molecular formula is C12H17NO4. The lowest BCUT2D eigenvalue weighted by Gasteiger charge is -2.25. The first kappa shape index (κ1) is 11.0. The Morgan fingerprint density at radius 1 is 1.24 bits per heavy atom. The molecule has 3 aliphatic heterocycles. The van der Waals surface area contributed by atoms with Crippen molar-refractivity contribution in [2.24, 2.45) is 5.92 Å². The van der Waals surface area contributed by atoms with Gasteiger partial charge >= 0.3 is 5.97 Å². The van der Waals surface area contributed by atoms with Gasteiger partial charge in [-0.2, -0.15) is 0 Å². The number of carboxylic acid groups (broad SMARTS) is 1. The normalized spacial score (nSPS) is 39.9. The van der Waals surface area contributed by atoms with Crippen LogP contribution in [0.25, 0.3) is 0 Å². The third-order valence-electron chi connectivity index (χ3n) is 4.31. The van der Waals surface area contributed by atoms with E-state index < -0.39 is 5.97 Å². The molecule has 0 aliphatic carbocycles. The number of hydrogen-bond donors (Lipinski definition) is 1. The van der Waals surface area contributed by atoms with Gasteiger partial charge in [-0.05, 0) is 32.1 Å². The van der Waals surface area contributed by atoms with Crippen LogP contribution in [0.1, 0.15) is 32.1 Å². The summed E-state index contributed by atoms with van der Waals surface area (Å²) in [5.74, 6) is -1.10. The number of carbonyl (C=O) groups is 2. The highest BCUT2D eigenvalue weighted by Crippen LogP contribution is 2.42. The molecule has 94 valence electrons. The summed E-state index contributed by atoms with van der Waals surface area (Å²) < 4.78 is 5.41. The Labute approximate surface area is 99.7 Å². The van der Waals surface area contributed by atoms with Gasteiger partial charge in [0.2, 0.25) is 0 Å². The first-order valence-corrected chi connectivity index (χ1v) is 6.35. The van der Waals surface area contributed by atoms with E-state index >= 15 is 0 Å². The minimum absolute atomic E-state index is 0.0266. The van der Waals surface area contributed by atoms with Gasteiger partial charge in [-0.25, -0.2) is 0 Å². The Morgan fingerprint density at radius 3 is 2.65 bits per heavy atom. The van der Waals surface area contributed by atoms with E-state index in [9.17, 15) is 9.59 Å². The van der Waals surface area contributed by atoms with E-state index in [1.165, 1.54) is 0 Å². The number of amides is 1. The van der Waals surface area contributed by atoms with Crippen molar-refractivity contribution in [3.05, 3.63) is 0 Å². The van der Waals surface area contributed by atoms with Crippen LogP contribution in [0.2, 0.25) is 0 Å². The summed E-state index contributed by atoms with van der Waals surface area (Å²) in [6, 6.07) is 0.0481. The minimum Gasteiger partial charge on any atom is -0.481 e. The topological polar surface area (TPSA) is 66.8 Å². The van der Waals surface area contributed by atoms with Gasteiger partial charge in [-0.15, -0.1) is 0 Å². The van der Waals surface area contributed by atoms with E-state index in [1.54, 1.807) is 0 Å². The largest absolute Gasteiger partial charge is 0.481 e. The molecule has 3 fully saturated rings. The van der Waals surface area contributed by atoms with E-state index in [-0.39, 0.29) is 30.0 Å². The zero-order chi connectivity index (χ0) is 12.0. The predicted octanol–water partition coefficient (Wildman–Crippen LogP) is 0.629. The van der Waals surface area contributed by atoms with Crippen molar-refractivity contribution >= 4 is 11.9 Å². The van der Waals surface area contributed by atoms with Crippen LogP contribution in [0.4, 0.5) is 0 Å². The zero-order valence-electron chi connectivity index (χ0n) is 9.67. The van der Waals surface area contributed by atoms with Crippen LogP contribution in [-0.2, 0) is 14.3 Å². The number of hydrogen-bond acceptors (Lipinski definition) is 3. The Kier molecular flexibility index (Phi) is 2.58. The summed E-state index contributed by atoms with van der Waals surface area (Å²) in [4.78, 5) is 25.2. The fourth-order valence-corrected chi connectivity index (χ4v) is 3.54. The first-order valence-electron chi connectivity index (χ1n) is 6.35. The molecular weight excluding hydrogens is 222 g/mol. The van der Waals surface area contributed by atoms with Crippen LogP contribution in [-0.4, -0.2) is 46.7 Å². The molecule has 3 heterocycles. The number of carbonyl (C=O) groups excluding carboxylic acids is 1. The lowest BCUT2D eigenvalue weighted by Crippen LogP contribution is -2.43. The second-order valence-corrected chi connectivity index (χ2v) is 5.23. The fourth-order valence-electron chi connectivity index (χ4n) is 3.54. The van der Waals surface area contributed by atoms with Crippen LogP contribution < -0.4 is 0 Å². The van der Waals surface area contributed by atoms with Crippen molar-refractivity contribution in [2.45, 2.75) is 50.3 Å². The summed E-state index contributed by atoms with van der Waals surface area (Å²) in [6.45, 7) is 0.655. The molecule has 3 rings (SSSR count). The number of fused-ring (bicyclic) bond motifs is 2. The van der Waals surface area contributed by atoms with Gasteiger partial charge in [-0.3, -0.25) is 9.59 Å². The summed E-state index contributed by atoms with van der Waals surface area (Å²) in [5.41, 5.74) is 0. The van der Waals surface area contributed by atoms with Crippen LogP contribution in [0, 0.1) is 5.92 Å². The lowest BCUT2D eigenvalue weighted by atomic mass is 9.89. The Hall–Kier alpha value is -1.10. The molecule has 3 saturated heterocycles. The van der Waals surface area contributed by atoms with Crippen LogP contribution in [0.15, 0.2) is 0 Å². The SMILES string of the molecule is O=C(O)C1CC2CCC1N2C(=O)[C@@H]1CCCO1. The Balaban J connectivity index is 1.76. The highest BCUT2D eigenvalue weighted by molar-refractivity contribution is 5.84. The molecule has 1 N–H and O–H groups in total. The highest BCUT2D eigenvalue weighted by atomic mass is 16.5. The summed E-state index contributed by atoms with van der Waals surface area (Å²) >= 11 is 0. The molecule has 5 heteroatoms. The molecule has 1 amide bonds. The molecule has 0 aromatic rings. The second kappa shape index (κ2) is 3.98. The molecule has 2 bridgehead atoms. The summed E-state index contributed by atoms with van der Waals surface area (Å²) in [7, 11) is 0. The smallest absolute Gasteiger partial charge is 0.308 e. The number of aliphatic carboxylic acids is 1. The van der Waals surface area contributed by atoms with Gasteiger partial charge in [0.1, 0.15) is 6.10 Å². The van der Waals surface area contributed by atoms with Gasteiger partial charge in [0.05, 0.1) is 5.92 Å². The average Bonchev–Trinajstić information content (AvgIpc) is 3.03. The highest BCUT2D eigenvalue weighted by Gasteiger charge is 2.52. The van der Waals surface area contributed by atoms with Crippen molar-refractivity contribution in [1.29, 1.82) is 0 Å². The number of nitrogens with zero attached hydrogens (tertiary/aromatic N) is 1. The quantitative estimate of drug-likeness (QED) is 0.767. The van der Waals surface area contributed by atoms with Gasteiger partial charge in [0, 0.05) is 18.7 Å². The monoisotopic (exact) mass is 239 g/mol. The Bertz CT molecular complexity index is 350. The third kappa shape index (κ3) is 1.64. The maximum absolute atomic E-state index is 12.3. The molecule has 3 aliphatic rings. The van der Waals surface area contributed by atoms with E-state index in [0.29, 0.717) is 13.0 Å². The zero-order valence-corrected chi connectivity index (χ0v) is 9.67. The van der Waals surface area contributed by atoms with Crippen molar-refractivity contribution in [2.75, 3.05) is 6.61 Å².